The number of nitrogens with zero attached hydrogens (tertiary/aromatic N) is 4. The zero-order valence-corrected chi connectivity index (χ0v) is 9.14. The van der Waals surface area contributed by atoms with Gasteiger partial charge in [-0.05, 0) is 6.92 Å². The van der Waals surface area contributed by atoms with Crippen LogP contribution in [0.3, 0.4) is 0 Å². The highest BCUT2D eigenvalue weighted by atomic mass is 16.5. The van der Waals surface area contributed by atoms with Gasteiger partial charge in [0.25, 0.3) is 0 Å². The standard InChI is InChI=1S/C10H14N4O/c1-7(2)10-11-4-5-14(10)6-9-12-8(3)13-15-9/h4-5,7H,6H2,1-3H3. The maximum atomic E-state index is 5.06. The first-order valence-electron chi connectivity index (χ1n) is 4.97. The van der Waals surface area contributed by atoms with Crippen LogP contribution in [0.1, 0.15) is 37.3 Å². The highest BCUT2D eigenvalue weighted by Gasteiger charge is 2.10. The Morgan fingerprint density at radius 1 is 1.47 bits per heavy atom. The second-order valence-corrected chi connectivity index (χ2v) is 3.80. The molecule has 0 atom stereocenters. The van der Waals surface area contributed by atoms with E-state index in [4.69, 9.17) is 4.52 Å². The summed E-state index contributed by atoms with van der Waals surface area (Å²) in [6.07, 6.45) is 3.72. The molecule has 0 saturated carbocycles. The molecule has 0 N–H and O–H groups in total. The van der Waals surface area contributed by atoms with E-state index in [0.29, 0.717) is 24.2 Å². The van der Waals surface area contributed by atoms with Crippen LogP contribution in [0.4, 0.5) is 0 Å². The predicted molar refractivity (Wildman–Crippen MR) is 54.5 cm³/mol. The van der Waals surface area contributed by atoms with Crippen LogP contribution < -0.4 is 0 Å². The molecule has 0 bridgehead atoms. The maximum Gasteiger partial charge on any atom is 0.246 e. The number of imidazole rings is 1. The lowest BCUT2D eigenvalue weighted by molar-refractivity contribution is 0.365. The van der Waals surface area contributed by atoms with Crippen molar-refractivity contribution in [2.45, 2.75) is 33.2 Å². The van der Waals surface area contributed by atoms with Gasteiger partial charge in [0.2, 0.25) is 5.89 Å². The van der Waals surface area contributed by atoms with Crippen LogP contribution in [0.2, 0.25) is 0 Å². The molecule has 0 aliphatic rings. The maximum absolute atomic E-state index is 5.06. The molecule has 0 fully saturated rings. The molecule has 0 amide bonds. The Kier molecular flexibility index (Phi) is 2.53. The van der Waals surface area contributed by atoms with Crippen LogP contribution in [-0.2, 0) is 6.54 Å². The van der Waals surface area contributed by atoms with E-state index in [0.717, 1.165) is 5.82 Å². The molecular weight excluding hydrogens is 192 g/mol. The first kappa shape index (κ1) is 9.89. The summed E-state index contributed by atoms with van der Waals surface area (Å²) in [5.74, 6) is 2.71. The number of hydrogen-bond donors (Lipinski definition) is 0. The van der Waals surface area contributed by atoms with Gasteiger partial charge in [-0.3, -0.25) is 0 Å². The van der Waals surface area contributed by atoms with Crippen LogP contribution >= 0.6 is 0 Å². The number of aromatic nitrogens is 4. The third-order valence-electron chi connectivity index (χ3n) is 2.14. The van der Waals surface area contributed by atoms with Gasteiger partial charge in [0.05, 0.1) is 0 Å². The molecule has 0 radical (unpaired) electrons. The molecule has 5 nitrogen and oxygen atoms in total. The van der Waals surface area contributed by atoms with Gasteiger partial charge < -0.3 is 9.09 Å². The minimum Gasteiger partial charge on any atom is -0.337 e. The van der Waals surface area contributed by atoms with Crippen molar-refractivity contribution in [2.24, 2.45) is 0 Å². The van der Waals surface area contributed by atoms with Crippen LogP contribution in [0.15, 0.2) is 16.9 Å². The molecule has 15 heavy (non-hydrogen) atoms. The third-order valence-corrected chi connectivity index (χ3v) is 2.14. The summed E-state index contributed by atoms with van der Waals surface area (Å²) in [6.45, 7) is 6.62. The smallest absolute Gasteiger partial charge is 0.246 e. The van der Waals surface area contributed by atoms with Gasteiger partial charge in [-0.25, -0.2) is 4.98 Å². The molecule has 2 heterocycles. The van der Waals surface area contributed by atoms with Crippen LogP contribution in [0.25, 0.3) is 0 Å². The van der Waals surface area contributed by atoms with E-state index < -0.39 is 0 Å². The summed E-state index contributed by atoms with van der Waals surface area (Å²) in [5.41, 5.74) is 0. The summed E-state index contributed by atoms with van der Waals surface area (Å²) in [6, 6.07) is 0. The Bertz CT molecular complexity index is 444. The Hall–Kier alpha value is -1.65. The monoisotopic (exact) mass is 206 g/mol. The number of rotatable bonds is 3. The molecule has 0 spiro atoms. The van der Waals surface area contributed by atoms with E-state index in [2.05, 4.69) is 29.0 Å². The zero-order valence-electron chi connectivity index (χ0n) is 9.14. The number of hydrogen-bond acceptors (Lipinski definition) is 4. The quantitative estimate of drug-likeness (QED) is 0.767. The summed E-state index contributed by atoms with van der Waals surface area (Å²) in [7, 11) is 0. The Balaban J connectivity index is 2.20. The van der Waals surface area contributed by atoms with E-state index in [1.165, 1.54) is 0 Å². The molecule has 2 aromatic heterocycles. The largest absolute Gasteiger partial charge is 0.337 e. The van der Waals surface area contributed by atoms with E-state index in [9.17, 15) is 0 Å². The lowest BCUT2D eigenvalue weighted by Crippen LogP contribution is -2.06. The summed E-state index contributed by atoms with van der Waals surface area (Å²) < 4.78 is 7.09. The van der Waals surface area contributed by atoms with Crippen molar-refractivity contribution in [1.29, 1.82) is 0 Å². The van der Waals surface area contributed by atoms with Crippen molar-refractivity contribution >= 4 is 0 Å². The lowest BCUT2D eigenvalue weighted by atomic mass is 10.2. The topological polar surface area (TPSA) is 56.7 Å². The molecular formula is C10H14N4O. The Labute approximate surface area is 88.1 Å². The van der Waals surface area contributed by atoms with Crippen LogP contribution in [0, 0.1) is 6.92 Å². The SMILES string of the molecule is Cc1noc(Cn2ccnc2C(C)C)n1. The van der Waals surface area contributed by atoms with Crippen LogP contribution in [0.5, 0.6) is 0 Å². The van der Waals surface area contributed by atoms with Crippen molar-refractivity contribution in [1.82, 2.24) is 19.7 Å². The minimum atomic E-state index is 0.393. The molecule has 0 aliphatic heterocycles. The highest BCUT2D eigenvalue weighted by molar-refractivity contribution is 5.00. The Morgan fingerprint density at radius 2 is 2.27 bits per heavy atom. The average Bonchev–Trinajstić information content (AvgIpc) is 2.75. The summed E-state index contributed by atoms with van der Waals surface area (Å²) >= 11 is 0. The normalized spacial score (nSPS) is 11.2. The van der Waals surface area contributed by atoms with E-state index in [-0.39, 0.29) is 0 Å². The molecule has 0 unspecified atom stereocenters. The molecule has 2 aromatic rings. The van der Waals surface area contributed by atoms with Crippen LogP contribution in [-0.4, -0.2) is 19.7 Å². The van der Waals surface area contributed by atoms with E-state index in [1.807, 2.05) is 17.7 Å². The van der Waals surface area contributed by atoms with Crippen molar-refractivity contribution < 1.29 is 4.52 Å². The lowest BCUT2D eigenvalue weighted by Gasteiger charge is -2.07. The average molecular weight is 206 g/mol. The van der Waals surface area contributed by atoms with E-state index in [1.54, 1.807) is 6.20 Å². The second kappa shape index (κ2) is 3.84. The fourth-order valence-corrected chi connectivity index (χ4v) is 1.51. The zero-order chi connectivity index (χ0) is 10.8. The van der Waals surface area contributed by atoms with Gasteiger partial charge in [-0.2, -0.15) is 4.98 Å². The first-order chi connectivity index (χ1) is 7.16. The van der Waals surface area contributed by atoms with Crippen molar-refractivity contribution in [2.75, 3.05) is 0 Å². The van der Waals surface area contributed by atoms with Gasteiger partial charge in [0.1, 0.15) is 12.4 Å². The predicted octanol–water partition coefficient (Wildman–Crippen LogP) is 1.75. The van der Waals surface area contributed by atoms with Gasteiger partial charge in [0.15, 0.2) is 5.82 Å². The molecule has 5 heteroatoms. The number of aryl methyl sites for hydroxylation is 1. The van der Waals surface area contributed by atoms with Gasteiger partial charge in [-0.1, -0.05) is 19.0 Å². The molecule has 0 aliphatic carbocycles. The highest BCUT2D eigenvalue weighted by Crippen LogP contribution is 2.13. The second-order valence-electron chi connectivity index (χ2n) is 3.80. The fraction of sp³-hybridized carbons (Fsp3) is 0.500. The van der Waals surface area contributed by atoms with Crippen molar-refractivity contribution in [3.05, 3.63) is 29.9 Å². The molecule has 0 aromatic carbocycles. The first-order valence-corrected chi connectivity index (χ1v) is 4.97. The fourth-order valence-electron chi connectivity index (χ4n) is 1.51. The Morgan fingerprint density at radius 3 is 2.87 bits per heavy atom. The summed E-state index contributed by atoms with van der Waals surface area (Å²) in [5, 5.41) is 3.75. The van der Waals surface area contributed by atoms with Crippen molar-refractivity contribution in [3.63, 3.8) is 0 Å². The van der Waals surface area contributed by atoms with Gasteiger partial charge in [0, 0.05) is 18.3 Å². The van der Waals surface area contributed by atoms with E-state index >= 15 is 0 Å². The van der Waals surface area contributed by atoms with Crippen molar-refractivity contribution in [3.8, 4) is 0 Å². The van der Waals surface area contributed by atoms with Gasteiger partial charge >= 0.3 is 0 Å². The third kappa shape index (κ3) is 2.06. The molecule has 0 saturated heterocycles. The molecule has 2 rings (SSSR count). The summed E-state index contributed by atoms with van der Waals surface area (Å²) in [4.78, 5) is 8.45. The molecule has 80 valence electrons. The van der Waals surface area contributed by atoms with Gasteiger partial charge in [-0.15, -0.1) is 0 Å². The minimum absolute atomic E-state index is 0.393.